The van der Waals surface area contributed by atoms with Gasteiger partial charge in [-0.15, -0.1) is 10.2 Å². The van der Waals surface area contributed by atoms with Gasteiger partial charge in [-0.3, -0.25) is 0 Å². The first-order chi connectivity index (χ1) is 8.25. The first-order valence-corrected chi connectivity index (χ1v) is 6.39. The summed E-state index contributed by atoms with van der Waals surface area (Å²) in [4.78, 5) is 0. The van der Waals surface area contributed by atoms with Crippen molar-refractivity contribution in [1.82, 2.24) is 14.8 Å². The van der Waals surface area contributed by atoms with Gasteiger partial charge in [-0.1, -0.05) is 23.2 Å². The fourth-order valence-corrected chi connectivity index (χ4v) is 2.46. The molecule has 1 aromatic heterocycles. The van der Waals surface area contributed by atoms with Gasteiger partial charge in [0.1, 0.15) is 5.82 Å². The quantitative estimate of drug-likeness (QED) is 0.791. The molecular formula is C12H11Cl2N3. The Balaban J connectivity index is 2.09. The van der Waals surface area contributed by atoms with Crippen molar-refractivity contribution in [3.05, 3.63) is 34.1 Å². The van der Waals surface area contributed by atoms with E-state index in [1.54, 1.807) is 6.07 Å². The van der Waals surface area contributed by atoms with E-state index in [1.807, 2.05) is 12.1 Å². The number of nitrogens with zero attached hydrogens (tertiary/aromatic N) is 3. The van der Waals surface area contributed by atoms with Crippen LogP contribution in [0.3, 0.4) is 0 Å². The molecule has 0 fully saturated rings. The third-order valence-electron chi connectivity index (χ3n) is 3.04. The zero-order valence-corrected chi connectivity index (χ0v) is 10.7. The van der Waals surface area contributed by atoms with Crippen molar-refractivity contribution >= 4 is 23.2 Å². The number of rotatable bonds is 1. The molecule has 5 heteroatoms. The molecule has 0 saturated carbocycles. The molecule has 2 aromatic rings. The van der Waals surface area contributed by atoms with Crippen LogP contribution in [-0.4, -0.2) is 14.8 Å². The Kier molecular flexibility index (Phi) is 2.81. The Morgan fingerprint density at radius 2 is 1.94 bits per heavy atom. The third kappa shape index (κ3) is 1.94. The number of fused-ring (bicyclic) bond motifs is 1. The molecule has 0 spiro atoms. The predicted octanol–water partition coefficient (Wildman–Crippen LogP) is 3.59. The van der Waals surface area contributed by atoms with Gasteiger partial charge in [0.25, 0.3) is 0 Å². The van der Waals surface area contributed by atoms with E-state index in [2.05, 4.69) is 14.8 Å². The summed E-state index contributed by atoms with van der Waals surface area (Å²) in [5.74, 6) is 1.95. The third-order valence-corrected chi connectivity index (χ3v) is 3.78. The van der Waals surface area contributed by atoms with E-state index in [9.17, 15) is 0 Å². The molecular weight excluding hydrogens is 257 g/mol. The van der Waals surface area contributed by atoms with Gasteiger partial charge >= 0.3 is 0 Å². The van der Waals surface area contributed by atoms with Crippen molar-refractivity contribution in [1.29, 1.82) is 0 Å². The molecule has 0 bridgehead atoms. The van der Waals surface area contributed by atoms with E-state index in [0.29, 0.717) is 10.0 Å². The number of aromatic nitrogens is 3. The van der Waals surface area contributed by atoms with Gasteiger partial charge in [0, 0.05) is 18.5 Å². The molecule has 1 aromatic carbocycles. The van der Waals surface area contributed by atoms with Crippen LogP contribution < -0.4 is 0 Å². The summed E-state index contributed by atoms with van der Waals surface area (Å²) in [6.07, 6.45) is 3.38. The van der Waals surface area contributed by atoms with E-state index in [-0.39, 0.29) is 0 Å². The van der Waals surface area contributed by atoms with E-state index in [1.165, 1.54) is 12.8 Å². The summed E-state index contributed by atoms with van der Waals surface area (Å²) in [6, 6.07) is 5.57. The normalized spacial score (nSPS) is 14.7. The largest absolute Gasteiger partial charge is 0.311 e. The van der Waals surface area contributed by atoms with Crippen LogP contribution in [0.1, 0.15) is 18.7 Å². The van der Waals surface area contributed by atoms with Crippen LogP contribution in [0.4, 0.5) is 0 Å². The van der Waals surface area contributed by atoms with E-state index >= 15 is 0 Å². The van der Waals surface area contributed by atoms with Gasteiger partial charge in [0.2, 0.25) is 0 Å². The van der Waals surface area contributed by atoms with Gasteiger partial charge in [-0.05, 0) is 31.0 Å². The Hall–Kier alpha value is -1.06. The number of hydrogen-bond acceptors (Lipinski definition) is 2. The predicted molar refractivity (Wildman–Crippen MR) is 68.4 cm³/mol. The van der Waals surface area contributed by atoms with Gasteiger partial charge in [-0.25, -0.2) is 0 Å². The molecule has 3 nitrogen and oxygen atoms in total. The molecule has 2 heterocycles. The fourth-order valence-electron chi connectivity index (χ4n) is 2.16. The molecule has 1 aliphatic heterocycles. The van der Waals surface area contributed by atoms with Crippen LogP contribution in [0.2, 0.25) is 10.0 Å². The molecule has 0 aliphatic carbocycles. The van der Waals surface area contributed by atoms with Crippen molar-refractivity contribution < 1.29 is 0 Å². The minimum Gasteiger partial charge on any atom is -0.311 e. The molecule has 0 unspecified atom stereocenters. The van der Waals surface area contributed by atoms with Crippen molar-refractivity contribution in [3.63, 3.8) is 0 Å². The zero-order valence-electron chi connectivity index (χ0n) is 9.16. The van der Waals surface area contributed by atoms with Crippen LogP contribution in [-0.2, 0) is 13.0 Å². The number of hydrogen-bond donors (Lipinski definition) is 0. The molecule has 3 rings (SSSR count). The highest BCUT2D eigenvalue weighted by molar-refractivity contribution is 6.42. The summed E-state index contributed by atoms with van der Waals surface area (Å²) in [5.41, 5.74) is 0.972. The van der Waals surface area contributed by atoms with Crippen LogP contribution in [0.15, 0.2) is 18.2 Å². The summed E-state index contributed by atoms with van der Waals surface area (Å²) >= 11 is 11.9. The van der Waals surface area contributed by atoms with E-state index in [4.69, 9.17) is 23.2 Å². The topological polar surface area (TPSA) is 30.7 Å². The maximum atomic E-state index is 6.02. The lowest BCUT2D eigenvalue weighted by molar-refractivity contribution is 0.526. The average molecular weight is 268 g/mol. The summed E-state index contributed by atoms with van der Waals surface area (Å²) in [7, 11) is 0. The van der Waals surface area contributed by atoms with Crippen LogP contribution in [0, 0.1) is 0 Å². The van der Waals surface area contributed by atoms with Gasteiger partial charge < -0.3 is 4.57 Å². The second-order valence-corrected chi connectivity index (χ2v) is 4.99. The van der Waals surface area contributed by atoms with Crippen LogP contribution >= 0.6 is 23.2 Å². The Bertz CT molecular complexity index is 563. The first kappa shape index (κ1) is 11.1. The second-order valence-electron chi connectivity index (χ2n) is 4.18. The smallest absolute Gasteiger partial charge is 0.164 e. The molecule has 0 atom stereocenters. The molecule has 17 heavy (non-hydrogen) atoms. The minimum atomic E-state index is 0.553. The highest BCUT2D eigenvalue weighted by Crippen LogP contribution is 2.29. The lowest BCUT2D eigenvalue weighted by Crippen LogP contribution is -2.11. The number of benzene rings is 1. The Morgan fingerprint density at radius 1 is 1.06 bits per heavy atom. The standard InChI is InChI=1S/C12H11Cl2N3/c13-9-5-4-8(7-10(9)14)12-16-15-11-3-1-2-6-17(11)12/h4-5,7H,1-3,6H2. The molecule has 1 aliphatic rings. The van der Waals surface area contributed by atoms with Gasteiger partial charge in [0.05, 0.1) is 10.0 Å². The highest BCUT2D eigenvalue weighted by Gasteiger charge is 2.17. The molecule has 88 valence electrons. The minimum absolute atomic E-state index is 0.553. The maximum absolute atomic E-state index is 6.02. The van der Waals surface area contributed by atoms with Crippen molar-refractivity contribution in [3.8, 4) is 11.4 Å². The number of halogens is 2. The van der Waals surface area contributed by atoms with Gasteiger partial charge in [-0.2, -0.15) is 0 Å². The van der Waals surface area contributed by atoms with Crippen LogP contribution in [0.25, 0.3) is 11.4 Å². The molecule has 0 saturated heterocycles. The summed E-state index contributed by atoms with van der Waals surface area (Å²) in [5, 5.41) is 9.59. The first-order valence-electron chi connectivity index (χ1n) is 5.63. The van der Waals surface area contributed by atoms with Crippen molar-refractivity contribution in [2.75, 3.05) is 0 Å². The van der Waals surface area contributed by atoms with E-state index in [0.717, 1.165) is 30.2 Å². The monoisotopic (exact) mass is 267 g/mol. The maximum Gasteiger partial charge on any atom is 0.164 e. The summed E-state index contributed by atoms with van der Waals surface area (Å²) in [6.45, 7) is 0.984. The molecule has 0 N–H and O–H groups in total. The van der Waals surface area contributed by atoms with Crippen LogP contribution in [0.5, 0.6) is 0 Å². The Morgan fingerprint density at radius 3 is 2.76 bits per heavy atom. The molecule has 0 radical (unpaired) electrons. The summed E-state index contributed by atoms with van der Waals surface area (Å²) < 4.78 is 2.17. The average Bonchev–Trinajstić information content (AvgIpc) is 2.76. The SMILES string of the molecule is Clc1ccc(-c2nnc3n2CCCC3)cc1Cl. The fraction of sp³-hybridized carbons (Fsp3) is 0.333. The number of aryl methyl sites for hydroxylation is 1. The highest BCUT2D eigenvalue weighted by atomic mass is 35.5. The Labute approximate surface area is 109 Å². The lowest BCUT2D eigenvalue weighted by Gasteiger charge is -2.14. The molecule has 0 amide bonds. The lowest BCUT2D eigenvalue weighted by atomic mass is 10.1. The van der Waals surface area contributed by atoms with Gasteiger partial charge in [0.15, 0.2) is 5.82 Å². The van der Waals surface area contributed by atoms with Crippen molar-refractivity contribution in [2.45, 2.75) is 25.8 Å². The van der Waals surface area contributed by atoms with Crippen molar-refractivity contribution in [2.24, 2.45) is 0 Å². The zero-order chi connectivity index (χ0) is 11.8. The van der Waals surface area contributed by atoms with E-state index < -0.39 is 0 Å². The second kappa shape index (κ2) is 4.31.